The fourth-order valence-corrected chi connectivity index (χ4v) is 6.31. The maximum atomic E-state index is 13.4. The van der Waals surface area contributed by atoms with Gasteiger partial charge < -0.3 is 4.74 Å². The van der Waals surface area contributed by atoms with Gasteiger partial charge in [-0.25, -0.2) is 22.8 Å². The zero-order valence-corrected chi connectivity index (χ0v) is 21.9. The molecule has 0 unspecified atom stereocenters. The van der Waals surface area contributed by atoms with Crippen LogP contribution in [0.15, 0.2) is 74.7 Å². The van der Waals surface area contributed by atoms with E-state index in [4.69, 9.17) is 4.74 Å². The minimum Gasteiger partial charge on any atom is -0.443 e. The molecule has 1 N–H and O–H groups in total. The Balaban J connectivity index is 1.87. The fourth-order valence-electron chi connectivity index (χ4n) is 3.81. The first-order valence-corrected chi connectivity index (χ1v) is 13.6. The van der Waals surface area contributed by atoms with Gasteiger partial charge in [-0.05, 0) is 61.5 Å². The Kier molecular flexibility index (Phi) is 6.69. The maximum absolute atomic E-state index is 13.4. The third kappa shape index (κ3) is 4.95. The Bertz CT molecular complexity index is 1320. The molecular weight excluding hydrogens is 540 g/mol. The predicted molar refractivity (Wildman–Crippen MR) is 133 cm³/mol. The van der Waals surface area contributed by atoms with Crippen LogP contribution in [-0.4, -0.2) is 30.9 Å². The quantitative estimate of drug-likeness (QED) is 0.433. The van der Waals surface area contributed by atoms with Crippen LogP contribution >= 0.6 is 27.3 Å². The van der Waals surface area contributed by atoms with Gasteiger partial charge in [0.05, 0.1) is 12.1 Å². The Morgan fingerprint density at radius 1 is 1.09 bits per heavy atom. The Morgan fingerprint density at radius 3 is 2.38 bits per heavy atom. The molecule has 34 heavy (non-hydrogen) atoms. The highest BCUT2D eigenvalue weighted by Gasteiger charge is 2.47. The number of nitrogens with zero attached hydrogens (tertiary/aromatic N) is 1. The van der Waals surface area contributed by atoms with Gasteiger partial charge in [-0.1, -0.05) is 52.3 Å². The number of halogens is 1. The summed E-state index contributed by atoms with van der Waals surface area (Å²) in [6.45, 7) is 5.12. The summed E-state index contributed by atoms with van der Waals surface area (Å²) in [4.78, 5) is 27.6. The second-order valence-corrected chi connectivity index (χ2v) is 12.6. The average molecular weight is 563 g/mol. The first-order valence-electron chi connectivity index (χ1n) is 10.4. The van der Waals surface area contributed by atoms with Gasteiger partial charge >= 0.3 is 6.09 Å². The number of ether oxygens (including phenoxy) is 1. The van der Waals surface area contributed by atoms with Gasteiger partial charge in [0.1, 0.15) is 9.81 Å². The van der Waals surface area contributed by atoms with Crippen molar-refractivity contribution in [3.05, 3.63) is 87.2 Å². The van der Waals surface area contributed by atoms with Crippen molar-refractivity contribution in [1.29, 1.82) is 0 Å². The molecule has 0 fully saturated rings. The molecule has 0 saturated heterocycles. The van der Waals surface area contributed by atoms with E-state index in [0.717, 1.165) is 20.7 Å². The number of amides is 2. The third-order valence-corrected chi connectivity index (χ3v) is 8.55. The summed E-state index contributed by atoms with van der Waals surface area (Å²) < 4.78 is 35.8. The maximum Gasteiger partial charge on any atom is 0.417 e. The van der Waals surface area contributed by atoms with Crippen LogP contribution in [0, 0.1) is 0 Å². The van der Waals surface area contributed by atoms with Gasteiger partial charge in [0.2, 0.25) is 0 Å². The van der Waals surface area contributed by atoms with Gasteiger partial charge in [0, 0.05) is 10.0 Å². The van der Waals surface area contributed by atoms with E-state index in [1.54, 1.807) is 80.7 Å². The summed E-state index contributed by atoms with van der Waals surface area (Å²) in [5, 5.41) is 1.67. The molecule has 4 rings (SSSR count). The number of hydrogen-bond donors (Lipinski definition) is 1. The van der Waals surface area contributed by atoms with Crippen LogP contribution in [0.25, 0.3) is 0 Å². The van der Waals surface area contributed by atoms with Crippen LogP contribution < -0.4 is 4.72 Å². The zero-order chi connectivity index (χ0) is 24.7. The predicted octanol–water partition coefficient (Wildman–Crippen LogP) is 5.66. The fraction of sp³-hybridized carbons (Fsp3) is 0.250. The van der Waals surface area contributed by atoms with Crippen LogP contribution in [0.2, 0.25) is 0 Å². The van der Waals surface area contributed by atoms with Crippen molar-refractivity contribution in [1.82, 2.24) is 9.62 Å². The lowest BCUT2D eigenvalue weighted by molar-refractivity contribution is 0.0164. The van der Waals surface area contributed by atoms with Gasteiger partial charge in [0.15, 0.2) is 0 Å². The van der Waals surface area contributed by atoms with E-state index < -0.39 is 39.7 Å². The molecule has 1 aliphatic rings. The van der Waals surface area contributed by atoms with Gasteiger partial charge in [-0.3, -0.25) is 4.79 Å². The number of carbonyl (C=O) groups excluding carboxylic acids is 2. The number of thiophene rings is 1. The summed E-state index contributed by atoms with van der Waals surface area (Å²) in [5.41, 5.74) is 0.614. The molecule has 0 radical (unpaired) electrons. The summed E-state index contributed by atoms with van der Waals surface area (Å²) >= 11 is 4.48. The first kappa shape index (κ1) is 24.6. The summed E-state index contributed by atoms with van der Waals surface area (Å²) in [6, 6.07) is 15.1. The van der Waals surface area contributed by atoms with E-state index in [9.17, 15) is 18.0 Å². The highest BCUT2D eigenvalue weighted by molar-refractivity contribution is 9.10. The van der Waals surface area contributed by atoms with Crippen LogP contribution in [0.1, 0.15) is 54.3 Å². The van der Waals surface area contributed by atoms with Crippen LogP contribution in [-0.2, 0) is 14.8 Å². The van der Waals surface area contributed by atoms with Crippen molar-refractivity contribution < 1.29 is 22.7 Å². The Morgan fingerprint density at radius 2 is 1.76 bits per heavy atom. The third-order valence-electron chi connectivity index (χ3n) is 5.18. The summed E-state index contributed by atoms with van der Waals surface area (Å²) in [6.07, 6.45) is -0.837. The van der Waals surface area contributed by atoms with E-state index in [1.165, 1.54) is 6.07 Å². The van der Waals surface area contributed by atoms with E-state index in [0.29, 0.717) is 16.7 Å². The molecule has 3 aromatic rings. The molecule has 2 atom stereocenters. The van der Waals surface area contributed by atoms with Gasteiger partial charge in [-0.2, -0.15) is 0 Å². The average Bonchev–Trinajstić information content (AvgIpc) is 3.40. The standard InChI is InChI=1S/C24H23BrN2O5S2/c1-24(2,3)32-23(29)27-21(17-7-4-5-8-18(17)22(27)28)20(15-10-12-16(25)13-11-15)26-34(30,31)19-9-6-14-33-19/h4-14,20-21,26H,1-3H3/t20-,21-/m0/s1. The van der Waals surface area contributed by atoms with Crippen molar-refractivity contribution >= 4 is 49.3 Å². The lowest BCUT2D eigenvalue weighted by atomic mass is 9.94. The topological polar surface area (TPSA) is 92.8 Å². The minimum absolute atomic E-state index is 0.135. The van der Waals surface area contributed by atoms with Gasteiger partial charge in [-0.15, -0.1) is 11.3 Å². The van der Waals surface area contributed by atoms with Crippen molar-refractivity contribution in [2.75, 3.05) is 0 Å². The number of nitrogens with one attached hydrogen (secondary N) is 1. The van der Waals surface area contributed by atoms with Gasteiger partial charge in [0.25, 0.3) is 15.9 Å². The van der Waals surface area contributed by atoms with Crippen molar-refractivity contribution in [3.8, 4) is 0 Å². The number of hydrogen-bond acceptors (Lipinski definition) is 6. The molecule has 1 aliphatic heterocycles. The molecule has 7 nitrogen and oxygen atoms in total. The number of rotatable bonds is 5. The van der Waals surface area contributed by atoms with Crippen LogP contribution in [0.3, 0.4) is 0 Å². The first-order chi connectivity index (χ1) is 16.0. The second-order valence-electron chi connectivity index (χ2n) is 8.77. The molecule has 0 saturated carbocycles. The molecule has 2 heterocycles. The normalized spacial score (nSPS) is 16.9. The number of benzene rings is 2. The highest BCUT2D eigenvalue weighted by Crippen LogP contribution is 2.43. The molecule has 2 amide bonds. The molecule has 2 aromatic carbocycles. The minimum atomic E-state index is -3.95. The monoisotopic (exact) mass is 562 g/mol. The highest BCUT2D eigenvalue weighted by atomic mass is 79.9. The molecule has 0 aliphatic carbocycles. The molecule has 10 heteroatoms. The molecule has 0 bridgehead atoms. The second kappa shape index (κ2) is 9.26. The summed E-state index contributed by atoms with van der Waals surface area (Å²) in [5.74, 6) is -0.535. The van der Waals surface area contributed by atoms with Crippen molar-refractivity contribution in [2.45, 2.75) is 42.7 Å². The summed E-state index contributed by atoms with van der Waals surface area (Å²) in [7, 11) is -3.95. The Hall–Kier alpha value is -2.53. The molecule has 1 aromatic heterocycles. The number of sulfonamides is 1. The number of fused-ring (bicyclic) bond motifs is 1. The van der Waals surface area contributed by atoms with E-state index in [2.05, 4.69) is 20.7 Å². The van der Waals surface area contributed by atoms with Crippen molar-refractivity contribution in [3.63, 3.8) is 0 Å². The van der Waals surface area contributed by atoms with Crippen LogP contribution in [0.5, 0.6) is 0 Å². The number of imide groups is 1. The lowest BCUT2D eigenvalue weighted by Crippen LogP contribution is -2.44. The molecule has 0 spiro atoms. The zero-order valence-electron chi connectivity index (χ0n) is 18.7. The van der Waals surface area contributed by atoms with E-state index >= 15 is 0 Å². The van der Waals surface area contributed by atoms with E-state index in [1.807, 2.05) is 0 Å². The molecule has 178 valence electrons. The Labute approximate surface area is 210 Å². The smallest absolute Gasteiger partial charge is 0.417 e. The van der Waals surface area contributed by atoms with E-state index in [-0.39, 0.29) is 4.21 Å². The van der Waals surface area contributed by atoms with Crippen molar-refractivity contribution in [2.24, 2.45) is 0 Å². The largest absolute Gasteiger partial charge is 0.443 e. The number of carbonyl (C=O) groups is 2. The molecular formula is C24H23BrN2O5S2. The lowest BCUT2D eigenvalue weighted by Gasteiger charge is -2.33. The van der Waals surface area contributed by atoms with Crippen LogP contribution in [0.4, 0.5) is 4.79 Å². The SMILES string of the molecule is CC(C)(C)OC(=O)N1C(=O)c2ccccc2[C@H]1[C@@H](NS(=O)(=O)c1cccs1)c1ccc(Br)cc1.